The number of benzene rings is 1. The van der Waals surface area contributed by atoms with Gasteiger partial charge in [-0.1, -0.05) is 22.0 Å². The molecule has 2 heterocycles. The Kier molecular flexibility index (Phi) is 5.37. The van der Waals surface area contributed by atoms with Crippen molar-refractivity contribution in [2.45, 2.75) is 19.3 Å². The second kappa shape index (κ2) is 7.47. The van der Waals surface area contributed by atoms with Crippen molar-refractivity contribution in [3.63, 3.8) is 0 Å². The van der Waals surface area contributed by atoms with Gasteiger partial charge in [-0.2, -0.15) is 0 Å². The Morgan fingerprint density at radius 3 is 2.68 bits per heavy atom. The van der Waals surface area contributed by atoms with Crippen molar-refractivity contribution in [1.29, 1.82) is 0 Å². The first-order chi connectivity index (χ1) is 10.7. The van der Waals surface area contributed by atoms with E-state index in [1.165, 1.54) is 0 Å². The van der Waals surface area contributed by atoms with Crippen molar-refractivity contribution in [3.05, 3.63) is 28.7 Å². The van der Waals surface area contributed by atoms with E-state index in [1.54, 1.807) is 0 Å². The van der Waals surface area contributed by atoms with Gasteiger partial charge in [-0.05, 0) is 56.0 Å². The summed E-state index contributed by atoms with van der Waals surface area (Å²) in [5.41, 5.74) is 0. The number of amides is 1. The van der Waals surface area contributed by atoms with Crippen LogP contribution in [0, 0.1) is 11.8 Å². The van der Waals surface area contributed by atoms with Crippen molar-refractivity contribution in [3.8, 4) is 5.75 Å². The van der Waals surface area contributed by atoms with Crippen LogP contribution in [-0.2, 0) is 4.79 Å². The normalized spacial score (nSPS) is 24.7. The van der Waals surface area contributed by atoms with Crippen molar-refractivity contribution in [2.75, 3.05) is 32.8 Å². The number of ether oxygens (including phenoxy) is 1. The number of likely N-dealkylation sites (tertiary alicyclic amines) is 1. The number of hydrogen-bond donors (Lipinski definition) is 1. The maximum absolute atomic E-state index is 12.3. The van der Waals surface area contributed by atoms with Gasteiger partial charge in [0.15, 0.2) is 0 Å². The van der Waals surface area contributed by atoms with Crippen LogP contribution in [0.1, 0.15) is 19.3 Å². The minimum atomic E-state index is 0.225. The number of nitrogens with one attached hydrogen (secondary N) is 1. The van der Waals surface area contributed by atoms with Crippen LogP contribution in [0.3, 0.4) is 0 Å². The fourth-order valence-electron chi connectivity index (χ4n) is 3.44. The molecule has 2 aliphatic heterocycles. The molecular formula is C17H23BrN2O2. The van der Waals surface area contributed by atoms with Gasteiger partial charge in [0.25, 0.3) is 0 Å². The predicted octanol–water partition coefficient (Wildman–Crippen LogP) is 2.68. The first-order valence-corrected chi connectivity index (χ1v) is 8.88. The topological polar surface area (TPSA) is 41.6 Å². The molecule has 1 aromatic carbocycles. The molecule has 1 aromatic rings. The molecule has 22 heavy (non-hydrogen) atoms. The van der Waals surface area contributed by atoms with E-state index in [0.29, 0.717) is 13.0 Å². The lowest BCUT2D eigenvalue weighted by atomic mass is 9.92. The van der Waals surface area contributed by atoms with Gasteiger partial charge in [-0.3, -0.25) is 4.79 Å². The summed E-state index contributed by atoms with van der Waals surface area (Å²) < 4.78 is 6.66. The van der Waals surface area contributed by atoms with E-state index < -0.39 is 0 Å². The largest absolute Gasteiger partial charge is 0.493 e. The van der Waals surface area contributed by atoms with Gasteiger partial charge >= 0.3 is 0 Å². The van der Waals surface area contributed by atoms with E-state index in [9.17, 15) is 4.79 Å². The fourth-order valence-corrected chi connectivity index (χ4v) is 3.82. The summed E-state index contributed by atoms with van der Waals surface area (Å²) >= 11 is 3.42. The molecule has 0 aliphatic carbocycles. The van der Waals surface area contributed by atoms with Crippen LogP contribution in [0.15, 0.2) is 28.7 Å². The average Bonchev–Trinajstić information content (AvgIpc) is 2.86. The molecule has 0 unspecified atom stereocenters. The Morgan fingerprint density at radius 1 is 1.27 bits per heavy atom. The van der Waals surface area contributed by atoms with Crippen molar-refractivity contribution in [2.24, 2.45) is 11.8 Å². The molecule has 5 heteroatoms. The Balaban J connectivity index is 1.44. The minimum absolute atomic E-state index is 0.225. The quantitative estimate of drug-likeness (QED) is 0.890. The summed E-state index contributed by atoms with van der Waals surface area (Å²) in [7, 11) is 0. The Labute approximate surface area is 140 Å². The SMILES string of the molecule is O=C(CCOc1cccc(Br)c1)N1CC[C@@H]2CNC[C@@H]2CC1. The van der Waals surface area contributed by atoms with Crippen LogP contribution < -0.4 is 10.1 Å². The molecule has 1 amide bonds. The molecule has 2 aliphatic rings. The molecule has 1 N–H and O–H groups in total. The third-order valence-corrected chi connectivity index (χ3v) is 5.25. The molecule has 0 spiro atoms. The van der Waals surface area contributed by atoms with Crippen LogP contribution in [-0.4, -0.2) is 43.6 Å². The highest BCUT2D eigenvalue weighted by molar-refractivity contribution is 9.10. The van der Waals surface area contributed by atoms with Gasteiger partial charge in [0.05, 0.1) is 13.0 Å². The number of carbonyl (C=O) groups is 1. The Morgan fingerprint density at radius 2 is 2.00 bits per heavy atom. The van der Waals surface area contributed by atoms with Gasteiger partial charge in [-0.25, -0.2) is 0 Å². The van der Waals surface area contributed by atoms with Crippen molar-refractivity contribution >= 4 is 21.8 Å². The van der Waals surface area contributed by atoms with E-state index in [4.69, 9.17) is 4.74 Å². The van der Waals surface area contributed by atoms with E-state index in [0.717, 1.165) is 61.1 Å². The number of rotatable bonds is 4. The third kappa shape index (κ3) is 4.02. The molecule has 3 rings (SSSR count). The lowest BCUT2D eigenvalue weighted by molar-refractivity contribution is -0.131. The molecule has 0 bridgehead atoms. The second-order valence-corrected chi connectivity index (χ2v) is 7.11. The number of nitrogens with zero attached hydrogens (tertiary/aromatic N) is 1. The van der Waals surface area contributed by atoms with Crippen LogP contribution in [0.4, 0.5) is 0 Å². The molecule has 0 aromatic heterocycles. The van der Waals surface area contributed by atoms with Gasteiger partial charge in [-0.15, -0.1) is 0 Å². The monoisotopic (exact) mass is 366 g/mol. The van der Waals surface area contributed by atoms with Gasteiger partial charge in [0, 0.05) is 17.6 Å². The molecular weight excluding hydrogens is 344 g/mol. The lowest BCUT2D eigenvalue weighted by Crippen LogP contribution is -2.33. The molecule has 2 fully saturated rings. The summed E-state index contributed by atoms with van der Waals surface area (Å²) in [6.07, 6.45) is 2.73. The van der Waals surface area contributed by atoms with Crippen molar-refractivity contribution < 1.29 is 9.53 Å². The maximum Gasteiger partial charge on any atom is 0.225 e. The second-order valence-electron chi connectivity index (χ2n) is 6.19. The molecule has 0 saturated carbocycles. The predicted molar refractivity (Wildman–Crippen MR) is 89.9 cm³/mol. The number of carbonyl (C=O) groups excluding carboxylic acids is 1. The molecule has 2 saturated heterocycles. The third-order valence-electron chi connectivity index (χ3n) is 4.75. The summed E-state index contributed by atoms with van der Waals surface area (Å²) in [6.45, 7) is 4.49. The minimum Gasteiger partial charge on any atom is -0.493 e. The molecule has 0 radical (unpaired) electrons. The standard InChI is InChI=1S/C17H23BrN2O2/c18-15-2-1-3-16(10-15)22-9-6-17(21)20-7-4-13-11-19-12-14(13)5-8-20/h1-3,10,13-14,19H,4-9,11-12H2/t13-,14+. The van der Waals surface area contributed by atoms with E-state index in [1.807, 2.05) is 29.2 Å². The summed E-state index contributed by atoms with van der Waals surface area (Å²) in [5.74, 6) is 2.55. The smallest absolute Gasteiger partial charge is 0.225 e. The van der Waals surface area contributed by atoms with E-state index >= 15 is 0 Å². The highest BCUT2D eigenvalue weighted by Gasteiger charge is 2.31. The Bertz CT molecular complexity index is 509. The van der Waals surface area contributed by atoms with E-state index in [-0.39, 0.29) is 5.91 Å². The maximum atomic E-state index is 12.3. The first-order valence-electron chi connectivity index (χ1n) is 8.09. The zero-order chi connectivity index (χ0) is 15.4. The van der Waals surface area contributed by atoms with E-state index in [2.05, 4.69) is 21.2 Å². The lowest BCUT2D eigenvalue weighted by Gasteiger charge is -2.21. The average molecular weight is 367 g/mol. The number of hydrogen-bond acceptors (Lipinski definition) is 3. The Hall–Kier alpha value is -1.07. The van der Waals surface area contributed by atoms with Crippen LogP contribution in [0.25, 0.3) is 0 Å². The molecule has 2 atom stereocenters. The summed E-state index contributed by atoms with van der Waals surface area (Å²) in [5, 5.41) is 3.47. The molecule has 120 valence electrons. The summed E-state index contributed by atoms with van der Waals surface area (Å²) in [6, 6.07) is 7.73. The van der Waals surface area contributed by atoms with Gasteiger partial charge in [0.2, 0.25) is 5.91 Å². The fraction of sp³-hybridized carbons (Fsp3) is 0.588. The summed E-state index contributed by atoms with van der Waals surface area (Å²) in [4.78, 5) is 14.4. The number of fused-ring (bicyclic) bond motifs is 1. The van der Waals surface area contributed by atoms with Crippen molar-refractivity contribution in [1.82, 2.24) is 10.2 Å². The zero-order valence-corrected chi connectivity index (χ0v) is 14.3. The van der Waals surface area contributed by atoms with Gasteiger partial charge in [0.1, 0.15) is 5.75 Å². The zero-order valence-electron chi connectivity index (χ0n) is 12.8. The number of halogens is 1. The molecule has 4 nitrogen and oxygen atoms in total. The van der Waals surface area contributed by atoms with Crippen LogP contribution in [0.2, 0.25) is 0 Å². The van der Waals surface area contributed by atoms with Gasteiger partial charge < -0.3 is 15.0 Å². The highest BCUT2D eigenvalue weighted by Crippen LogP contribution is 2.27. The van der Waals surface area contributed by atoms with Crippen LogP contribution >= 0.6 is 15.9 Å². The van der Waals surface area contributed by atoms with Crippen LogP contribution in [0.5, 0.6) is 5.75 Å². The highest BCUT2D eigenvalue weighted by atomic mass is 79.9. The first kappa shape index (κ1) is 15.8.